The third-order valence-corrected chi connectivity index (χ3v) is 2.00. The van der Waals surface area contributed by atoms with Crippen LogP contribution in [0.25, 0.3) is 0 Å². The fourth-order valence-electron chi connectivity index (χ4n) is 1.28. The maximum atomic E-state index is 9.52. The van der Waals surface area contributed by atoms with Gasteiger partial charge in [0.25, 0.3) is 0 Å². The van der Waals surface area contributed by atoms with Crippen LogP contribution >= 0.6 is 12.4 Å². The van der Waals surface area contributed by atoms with Gasteiger partial charge in [0.2, 0.25) is 0 Å². The molecule has 0 bridgehead atoms. The van der Waals surface area contributed by atoms with E-state index >= 15 is 0 Å². The Morgan fingerprint density at radius 1 is 1.57 bits per heavy atom. The van der Waals surface area contributed by atoms with Crippen molar-refractivity contribution < 1.29 is 5.11 Å². The molecule has 0 aromatic heterocycles. The summed E-state index contributed by atoms with van der Waals surface area (Å²) in [7, 11) is 0. The number of aromatic hydroxyl groups is 1. The summed E-state index contributed by atoms with van der Waals surface area (Å²) in [5.41, 5.74) is 7.74. The van der Waals surface area contributed by atoms with Gasteiger partial charge in [0.05, 0.1) is 0 Å². The molecule has 0 aliphatic carbocycles. The summed E-state index contributed by atoms with van der Waals surface area (Å²) < 4.78 is 0. The Balaban J connectivity index is 0.00000169. The SMILES string of the molecule is C=CC[C@@H](N)c1cc(C)ccc1O.Cl. The van der Waals surface area contributed by atoms with E-state index in [1.54, 1.807) is 12.1 Å². The van der Waals surface area contributed by atoms with Crippen molar-refractivity contribution in [2.45, 2.75) is 19.4 Å². The highest BCUT2D eigenvalue weighted by molar-refractivity contribution is 5.85. The van der Waals surface area contributed by atoms with Gasteiger partial charge in [0.1, 0.15) is 5.75 Å². The summed E-state index contributed by atoms with van der Waals surface area (Å²) in [5, 5.41) is 9.52. The number of phenols is 1. The molecule has 1 aromatic carbocycles. The van der Waals surface area contributed by atoms with Gasteiger partial charge in [-0.05, 0) is 19.4 Å². The standard InChI is InChI=1S/C11H15NO.ClH/c1-3-4-10(12)9-7-8(2)5-6-11(9)13;/h3,5-7,10,13H,1,4,12H2,2H3;1H/t10-;/m1./s1. The predicted octanol–water partition coefficient (Wildman–Crippen LogP) is 2.70. The number of rotatable bonds is 3. The lowest BCUT2D eigenvalue weighted by Crippen LogP contribution is -2.09. The van der Waals surface area contributed by atoms with Gasteiger partial charge in [-0.2, -0.15) is 0 Å². The van der Waals surface area contributed by atoms with Gasteiger partial charge in [-0.15, -0.1) is 19.0 Å². The van der Waals surface area contributed by atoms with Gasteiger partial charge >= 0.3 is 0 Å². The van der Waals surface area contributed by atoms with E-state index in [1.165, 1.54) is 0 Å². The molecule has 78 valence electrons. The molecule has 3 heteroatoms. The quantitative estimate of drug-likeness (QED) is 0.759. The average molecular weight is 214 g/mol. The van der Waals surface area contributed by atoms with E-state index in [4.69, 9.17) is 5.73 Å². The lowest BCUT2D eigenvalue weighted by molar-refractivity contribution is 0.461. The monoisotopic (exact) mass is 213 g/mol. The molecule has 2 nitrogen and oxygen atoms in total. The van der Waals surface area contributed by atoms with E-state index in [1.807, 2.05) is 19.1 Å². The van der Waals surface area contributed by atoms with E-state index in [9.17, 15) is 5.11 Å². The average Bonchev–Trinajstić information content (AvgIpc) is 2.09. The minimum absolute atomic E-state index is 0. The second-order valence-corrected chi connectivity index (χ2v) is 3.19. The van der Waals surface area contributed by atoms with Crippen LogP contribution in [-0.4, -0.2) is 5.11 Å². The second-order valence-electron chi connectivity index (χ2n) is 3.19. The molecule has 1 rings (SSSR count). The molecular weight excluding hydrogens is 198 g/mol. The topological polar surface area (TPSA) is 46.2 Å². The number of hydrogen-bond donors (Lipinski definition) is 2. The number of halogens is 1. The Labute approximate surface area is 90.9 Å². The van der Waals surface area contributed by atoms with Gasteiger partial charge in [0.15, 0.2) is 0 Å². The number of aryl methyl sites for hydroxylation is 1. The number of hydrogen-bond acceptors (Lipinski definition) is 2. The van der Waals surface area contributed by atoms with Crippen molar-refractivity contribution >= 4 is 12.4 Å². The van der Waals surface area contributed by atoms with E-state index in [0.717, 1.165) is 11.1 Å². The predicted molar refractivity (Wildman–Crippen MR) is 61.8 cm³/mol. The molecule has 14 heavy (non-hydrogen) atoms. The normalized spacial score (nSPS) is 11.6. The highest BCUT2D eigenvalue weighted by Gasteiger charge is 2.08. The summed E-state index contributed by atoms with van der Waals surface area (Å²) in [6.07, 6.45) is 2.43. The lowest BCUT2D eigenvalue weighted by atomic mass is 10.0. The fourth-order valence-corrected chi connectivity index (χ4v) is 1.28. The molecule has 0 aliphatic heterocycles. The van der Waals surface area contributed by atoms with Gasteiger partial charge < -0.3 is 10.8 Å². The van der Waals surface area contributed by atoms with Crippen LogP contribution in [-0.2, 0) is 0 Å². The molecule has 0 radical (unpaired) electrons. The number of phenolic OH excluding ortho intramolecular Hbond substituents is 1. The zero-order valence-corrected chi connectivity index (χ0v) is 9.05. The third-order valence-electron chi connectivity index (χ3n) is 2.00. The van der Waals surface area contributed by atoms with Crippen LogP contribution in [0.2, 0.25) is 0 Å². The maximum Gasteiger partial charge on any atom is 0.120 e. The Morgan fingerprint density at radius 3 is 2.79 bits per heavy atom. The molecule has 0 unspecified atom stereocenters. The first-order chi connectivity index (χ1) is 6.15. The molecule has 0 spiro atoms. The van der Waals surface area contributed by atoms with Crippen molar-refractivity contribution in [2.75, 3.05) is 0 Å². The van der Waals surface area contributed by atoms with Gasteiger partial charge in [0, 0.05) is 11.6 Å². The summed E-state index contributed by atoms with van der Waals surface area (Å²) in [4.78, 5) is 0. The fraction of sp³-hybridized carbons (Fsp3) is 0.273. The highest BCUT2D eigenvalue weighted by Crippen LogP contribution is 2.25. The van der Waals surface area contributed by atoms with Gasteiger partial charge in [-0.25, -0.2) is 0 Å². The first-order valence-corrected chi connectivity index (χ1v) is 4.31. The largest absolute Gasteiger partial charge is 0.508 e. The van der Waals surface area contributed by atoms with Gasteiger partial charge in [-0.3, -0.25) is 0 Å². The minimum atomic E-state index is -0.155. The van der Waals surface area contributed by atoms with Crippen LogP contribution in [0.3, 0.4) is 0 Å². The molecule has 0 fully saturated rings. The van der Waals surface area contributed by atoms with E-state index in [2.05, 4.69) is 6.58 Å². The Hall–Kier alpha value is -0.990. The van der Waals surface area contributed by atoms with Crippen molar-refractivity contribution in [3.8, 4) is 5.75 Å². The minimum Gasteiger partial charge on any atom is -0.508 e. The zero-order valence-electron chi connectivity index (χ0n) is 8.23. The van der Waals surface area contributed by atoms with Crippen LogP contribution < -0.4 is 5.73 Å². The van der Waals surface area contributed by atoms with Gasteiger partial charge in [-0.1, -0.05) is 23.8 Å². The highest BCUT2D eigenvalue weighted by atomic mass is 35.5. The smallest absolute Gasteiger partial charge is 0.120 e. The molecule has 0 saturated heterocycles. The number of benzene rings is 1. The number of nitrogens with two attached hydrogens (primary N) is 1. The summed E-state index contributed by atoms with van der Waals surface area (Å²) >= 11 is 0. The zero-order chi connectivity index (χ0) is 9.84. The van der Waals surface area contributed by atoms with Crippen molar-refractivity contribution in [2.24, 2.45) is 5.73 Å². The Kier molecular flexibility index (Phi) is 5.28. The Morgan fingerprint density at radius 2 is 2.21 bits per heavy atom. The van der Waals surface area contributed by atoms with Crippen LogP contribution in [0.5, 0.6) is 5.75 Å². The molecule has 1 atom stereocenters. The van der Waals surface area contributed by atoms with Crippen LogP contribution in [0, 0.1) is 6.92 Å². The Bertz CT molecular complexity index is 312. The molecule has 0 heterocycles. The summed E-state index contributed by atoms with van der Waals surface area (Å²) in [6, 6.07) is 5.29. The van der Waals surface area contributed by atoms with Crippen LogP contribution in [0.15, 0.2) is 30.9 Å². The molecule has 0 amide bonds. The third kappa shape index (κ3) is 3.05. The summed E-state index contributed by atoms with van der Waals surface area (Å²) in [5.74, 6) is 0.264. The molecule has 0 saturated carbocycles. The second kappa shape index (κ2) is 5.68. The van der Waals surface area contributed by atoms with Crippen molar-refractivity contribution in [1.82, 2.24) is 0 Å². The van der Waals surface area contributed by atoms with Crippen LogP contribution in [0.4, 0.5) is 0 Å². The van der Waals surface area contributed by atoms with Crippen molar-refractivity contribution in [3.63, 3.8) is 0 Å². The van der Waals surface area contributed by atoms with E-state index in [-0.39, 0.29) is 24.2 Å². The molecule has 1 aromatic rings. The summed E-state index contributed by atoms with van der Waals surface area (Å²) in [6.45, 7) is 5.59. The van der Waals surface area contributed by atoms with Crippen LogP contribution in [0.1, 0.15) is 23.6 Å². The first kappa shape index (κ1) is 13.0. The molecular formula is C11H16ClNO. The first-order valence-electron chi connectivity index (χ1n) is 4.31. The molecule has 3 N–H and O–H groups in total. The maximum absolute atomic E-state index is 9.52. The lowest BCUT2D eigenvalue weighted by Gasteiger charge is -2.11. The van der Waals surface area contributed by atoms with E-state index in [0.29, 0.717) is 6.42 Å². The van der Waals surface area contributed by atoms with Crippen molar-refractivity contribution in [1.29, 1.82) is 0 Å². The van der Waals surface area contributed by atoms with Crippen molar-refractivity contribution in [3.05, 3.63) is 42.0 Å². The molecule has 0 aliphatic rings. The van der Waals surface area contributed by atoms with E-state index < -0.39 is 0 Å².